The highest BCUT2D eigenvalue weighted by atomic mass is 16.5. The number of morpholine rings is 1. The molecule has 1 atom stereocenters. The topological polar surface area (TPSA) is 45.0 Å². The Morgan fingerprint density at radius 1 is 1.42 bits per heavy atom. The standard InChI is InChI=1S/C9H14N2O/c10-5-8-6-12-9(7-11-8)3-1-2-4-9/h8,11H,1-4,6-7H2. The average Bonchev–Trinajstić information content (AvgIpc) is 2.55. The smallest absolute Gasteiger partial charge is 0.119 e. The molecule has 66 valence electrons. The lowest BCUT2D eigenvalue weighted by molar-refractivity contribution is -0.0702. The zero-order valence-electron chi connectivity index (χ0n) is 7.18. The van der Waals surface area contributed by atoms with Crippen molar-refractivity contribution in [1.82, 2.24) is 5.32 Å². The van der Waals surface area contributed by atoms with Gasteiger partial charge in [0.15, 0.2) is 0 Å². The minimum Gasteiger partial charge on any atom is -0.371 e. The fourth-order valence-corrected chi connectivity index (χ4v) is 2.10. The van der Waals surface area contributed by atoms with E-state index in [-0.39, 0.29) is 11.6 Å². The second-order valence-electron chi connectivity index (χ2n) is 3.76. The molecule has 1 N–H and O–H groups in total. The summed E-state index contributed by atoms with van der Waals surface area (Å²) in [6.45, 7) is 1.43. The maximum absolute atomic E-state index is 8.63. The van der Waals surface area contributed by atoms with Gasteiger partial charge in [-0.3, -0.25) is 5.32 Å². The van der Waals surface area contributed by atoms with Crippen LogP contribution in [-0.4, -0.2) is 24.8 Å². The molecule has 1 saturated heterocycles. The molecule has 1 aliphatic heterocycles. The first-order valence-corrected chi connectivity index (χ1v) is 4.62. The van der Waals surface area contributed by atoms with Crippen molar-refractivity contribution in [2.75, 3.05) is 13.2 Å². The first kappa shape index (κ1) is 8.03. The van der Waals surface area contributed by atoms with E-state index in [2.05, 4.69) is 11.4 Å². The summed E-state index contributed by atoms with van der Waals surface area (Å²) < 4.78 is 5.74. The van der Waals surface area contributed by atoms with Gasteiger partial charge in [-0.15, -0.1) is 0 Å². The molecule has 12 heavy (non-hydrogen) atoms. The third-order valence-corrected chi connectivity index (χ3v) is 2.90. The molecular formula is C9H14N2O. The van der Waals surface area contributed by atoms with Crippen molar-refractivity contribution in [3.63, 3.8) is 0 Å². The minimum absolute atomic E-state index is 0.0868. The molecule has 0 aromatic rings. The van der Waals surface area contributed by atoms with Gasteiger partial charge >= 0.3 is 0 Å². The molecule has 0 aromatic carbocycles. The summed E-state index contributed by atoms with van der Waals surface area (Å²) in [7, 11) is 0. The van der Waals surface area contributed by atoms with Crippen LogP contribution in [0.4, 0.5) is 0 Å². The SMILES string of the molecule is N#CC1COC2(CCCC2)CN1. The van der Waals surface area contributed by atoms with E-state index in [4.69, 9.17) is 10.00 Å². The Kier molecular flexibility index (Phi) is 2.03. The molecular weight excluding hydrogens is 152 g/mol. The predicted molar refractivity (Wildman–Crippen MR) is 44.6 cm³/mol. The van der Waals surface area contributed by atoms with Crippen LogP contribution in [0, 0.1) is 11.3 Å². The summed E-state index contributed by atoms with van der Waals surface area (Å²) >= 11 is 0. The number of hydrogen-bond acceptors (Lipinski definition) is 3. The molecule has 2 rings (SSSR count). The Morgan fingerprint density at radius 2 is 2.17 bits per heavy atom. The van der Waals surface area contributed by atoms with Gasteiger partial charge in [-0.25, -0.2) is 0 Å². The van der Waals surface area contributed by atoms with Gasteiger partial charge in [0.1, 0.15) is 6.04 Å². The van der Waals surface area contributed by atoms with Gasteiger partial charge in [0.05, 0.1) is 18.3 Å². The lowest BCUT2D eigenvalue weighted by Crippen LogP contribution is -2.52. The van der Waals surface area contributed by atoms with E-state index < -0.39 is 0 Å². The molecule has 1 unspecified atom stereocenters. The van der Waals surface area contributed by atoms with Gasteiger partial charge in [0.2, 0.25) is 0 Å². The fourth-order valence-electron chi connectivity index (χ4n) is 2.10. The maximum atomic E-state index is 8.63. The number of hydrogen-bond donors (Lipinski definition) is 1. The zero-order chi connectivity index (χ0) is 8.44. The van der Waals surface area contributed by atoms with Gasteiger partial charge in [-0.1, -0.05) is 12.8 Å². The Balaban J connectivity index is 1.93. The third kappa shape index (κ3) is 1.33. The van der Waals surface area contributed by atoms with Gasteiger partial charge in [0.25, 0.3) is 0 Å². The van der Waals surface area contributed by atoms with Gasteiger partial charge in [-0.2, -0.15) is 5.26 Å². The van der Waals surface area contributed by atoms with Gasteiger partial charge in [-0.05, 0) is 12.8 Å². The molecule has 1 spiro atoms. The summed E-state index contributed by atoms with van der Waals surface area (Å²) in [5.41, 5.74) is 0.0906. The lowest BCUT2D eigenvalue weighted by atomic mass is 10.00. The quantitative estimate of drug-likeness (QED) is 0.579. The van der Waals surface area contributed by atoms with Crippen molar-refractivity contribution < 1.29 is 4.74 Å². The molecule has 3 heteroatoms. The van der Waals surface area contributed by atoms with Crippen molar-refractivity contribution >= 4 is 0 Å². The Labute approximate surface area is 72.7 Å². The van der Waals surface area contributed by atoms with Gasteiger partial charge < -0.3 is 4.74 Å². The molecule has 1 heterocycles. The molecule has 3 nitrogen and oxygen atoms in total. The van der Waals surface area contributed by atoms with Crippen LogP contribution in [0.25, 0.3) is 0 Å². The van der Waals surface area contributed by atoms with Crippen molar-refractivity contribution in [3.8, 4) is 6.07 Å². The highest BCUT2D eigenvalue weighted by Gasteiger charge is 2.38. The van der Waals surface area contributed by atoms with Crippen molar-refractivity contribution in [1.29, 1.82) is 5.26 Å². The van der Waals surface area contributed by atoms with Crippen LogP contribution >= 0.6 is 0 Å². The second-order valence-corrected chi connectivity index (χ2v) is 3.76. The molecule has 1 aliphatic carbocycles. The van der Waals surface area contributed by atoms with Crippen LogP contribution in [0.15, 0.2) is 0 Å². The highest BCUT2D eigenvalue weighted by molar-refractivity contribution is 4.99. The number of rotatable bonds is 0. The van der Waals surface area contributed by atoms with Crippen LogP contribution < -0.4 is 5.32 Å². The molecule has 1 saturated carbocycles. The molecule has 0 amide bonds. The number of ether oxygens (including phenoxy) is 1. The first-order chi connectivity index (χ1) is 5.85. The Hall–Kier alpha value is -0.590. The van der Waals surface area contributed by atoms with Crippen LogP contribution in [0.5, 0.6) is 0 Å². The summed E-state index contributed by atoms with van der Waals surface area (Å²) in [6, 6.07) is 2.09. The normalized spacial score (nSPS) is 33.4. The summed E-state index contributed by atoms with van der Waals surface area (Å²) in [4.78, 5) is 0. The predicted octanol–water partition coefficient (Wildman–Crippen LogP) is 0.811. The second kappa shape index (κ2) is 3.04. The van der Waals surface area contributed by atoms with Crippen LogP contribution in [0.1, 0.15) is 25.7 Å². The zero-order valence-corrected chi connectivity index (χ0v) is 7.18. The average molecular weight is 166 g/mol. The maximum Gasteiger partial charge on any atom is 0.119 e. The minimum atomic E-state index is -0.0868. The number of nitrogens with zero attached hydrogens (tertiary/aromatic N) is 1. The Bertz CT molecular complexity index is 193. The van der Waals surface area contributed by atoms with E-state index in [0.29, 0.717) is 6.61 Å². The largest absolute Gasteiger partial charge is 0.371 e. The number of nitriles is 1. The van der Waals surface area contributed by atoms with E-state index in [0.717, 1.165) is 19.4 Å². The van der Waals surface area contributed by atoms with E-state index in [1.54, 1.807) is 0 Å². The first-order valence-electron chi connectivity index (χ1n) is 4.62. The molecule has 0 bridgehead atoms. The van der Waals surface area contributed by atoms with Crippen LogP contribution in [-0.2, 0) is 4.74 Å². The van der Waals surface area contributed by atoms with Crippen molar-refractivity contribution in [3.05, 3.63) is 0 Å². The molecule has 0 radical (unpaired) electrons. The van der Waals surface area contributed by atoms with E-state index in [1.165, 1.54) is 12.8 Å². The summed E-state index contributed by atoms with van der Waals surface area (Å²) in [6.07, 6.45) is 4.88. The van der Waals surface area contributed by atoms with Crippen molar-refractivity contribution in [2.24, 2.45) is 0 Å². The summed E-state index contributed by atoms with van der Waals surface area (Å²) in [5, 5.41) is 11.8. The molecule has 0 aromatic heterocycles. The van der Waals surface area contributed by atoms with E-state index in [1.807, 2.05) is 0 Å². The highest BCUT2D eigenvalue weighted by Crippen LogP contribution is 2.34. The lowest BCUT2D eigenvalue weighted by Gasteiger charge is -2.36. The van der Waals surface area contributed by atoms with Gasteiger partial charge in [0, 0.05) is 6.54 Å². The summed E-state index contributed by atoms with van der Waals surface area (Å²) in [5.74, 6) is 0. The monoisotopic (exact) mass is 166 g/mol. The van der Waals surface area contributed by atoms with E-state index in [9.17, 15) is 0 Å². The molecule has 2 aliphatic rings. The van der Waals surface area contributed by atoms with Crippen LogP contribution in [0.2, 0.25) is 0 Å². The van der Waals surface area contributed by atoms with E-state index >= 15 is 0 Å². The fraction of sp³-hybridized carbons (Fsp3) is 0.889. The Morgan fingerprint density at radius 3 is 2.67 bits per heavy atom. The van der Waals surface area contributed by atoms with Crippen LogP contribution in [0.3, 0.4) is 0 Å². The molecule has 2 fully saturated rings. The third-order valence-electron chi connectivity index (χ3n) is 2.90. The van der Waals surface area contributed by atoms with Crippen molar-refractivity contribution in [2.45, 2.75) is 37.3 Å². The number of nitrogens with one attached hydrogen (secondary N) is 1.